The second kappa shape index (κ2) is 6.80. The Morgan fingerprint density at radius 2 is 2.18 bits per heavy atom. The average molecular weight is 231 g/mol. The van der Waals surface area contributed by atoms with Crippen molar-refractivity contribution in [3.63, 3.8) is 0 Å². The van der Waals surface area contributed by atoms with Crippen LogP contribution in [-0.4, -0.2) is 6.04 Å². The molecule has 0 spiro atoms. The molecule has 0 aliphatic rings. The van der Waals surface area contributed by atoms with Crippen molar-refractivity contribution >= 4 is 11.4 Å². The molecule has 17 heavy (non-hydrogen) atoms. The highest BCUT2D eigenvalue weighted by molar-refractivity contribution is 5.62. The first-order chi connectivity index (χ1) is 8.17. The van der Waals surface area contributed by atoms with Gasteiger partial charge in [0.05, 0.1) is 5.56 Å². The molecule has 0 saturated carbocycles. The topological polar surface area (TPSA) is 61.8 Å². The summed E-state index contributed by atoms with van der Waals surface area (Å²) in [5, 5.41) is 12.3. The Labute approximate surface area is 104 Å². The monoisotopic (exact) mass is 231 g/mol. The fourth-order valence-electron chi connectivity index (χ4n) is 1.80. The number of rotatable bonds is 6. The second-order valence-corrected chi connectivity index (χ2v) is 4.46. The summed E-state index contributed by atoms with van der Waals surface area (Å²) in [6.07, 6.45) is 4.91. The molecule has 0 amide bonds. The summed E-state index contributed by atoms with van der Waals surface area (Å²) in [4.78, 5) is 0. The molecule has 0 radical (unpaired) electrons. The van der Waals surface area contributed by atoms with E-state index in [1.54, 1.807) is 6.07 Å². The van der Waals surface area contributed by atoms with Gasteiger partial charge in [-0.15, -0.1) is 0 Å². The Bertz CT molecular complexity index is 393. The van der Waals surface area contributed by atoms with E-state index in [9.17, 15) is 0 Å². The van der Waals surface area contributed by atoms with E-state index in [0.29, 0.717) is 17.3 Å². The van der Waals surface area contributed by atoms with Crippen molar-refractivity contribution in [2.24, 2.45) is 0 Å². The van der Waals surface area contributed by atoms with Crippen molar-refractivity contribution in [3.05, 3.63) is 23.8 Å². The summed E-state index contributed by atoms with van der Waals surface area (Å²) in [5.41, 5.74) is 7.73. The lowest BCUT2D eigenvalue weighted by Crippen LogP contribution is -2.15. The van der Waals surface area contributed by atoms with E-state index in [4.69, 9.17) is 11.0 Å². The first-order valence-corrected chi connectivity index (χ1v) is 6.23. The van der Waals surface area contributed by atoms with Crippen LogP contribution in [0.2, 0.25) is 0 Å². The van der Waals surface area contributed by atoms with E-state index in [1.165, 1.54) is 19.3 Å². The Kier molecular flexibility index (Phi) is 5.35. The fraction of sp³-hybridized carbons (Fsp3) is 0.500. The van der Waals surface area contributed by atoms with E-state index >= 15 is 0 Å². The number of nitrogens with one attached hydrogen (secondary N) is 1. The maximum Gasteiger partial charge on any atom is 0.101 e. The lowest BCUT2D eigenvalue weighted by molar-refractivity contribution is 0.615. The van der Waals surface area contributed by atoms with Crippen LogP contribution in [0.4, 0.5) is 11.4 Å². The molecule has 3 nitrogen and oxygen atoms in total. The highest BCUT2D eigenvalue weighted by Crippen LogP contribution is 2.18. The van der Waals surface area contributed by atoms with Gasteiger partial charge in [-0.25, -0.2) is 0 Å². The maximum absolute atomic E-state index is 8.89. The number of hydrogen-bond acceptors (Lipinski definition) is 3. The third-order valence-corrected chi connectivity index (χ3v) is 2.83. The number of nitriles is 1. The molecule has 1 atom stereocenters. The average Bonchev–Trinajstić information content (AvgIpc) is 2.32. The quantitative estimate of drug-likeness (QED) is 0.581. The van der Waals surface area contributed by atoms with Crippen LogP contribution in [0.1, 0.15) is 45.1 Å². The van der Waals surface area contributed by atoms with Crippen LogP contribution in [0.25, 0.3) is 0 Å². The summed E-state index contributed by atoms with van der Waals surface area (Å²) >= 11 is 0. The minimum Gasteiger partial charge on any atom is -0.398 e. The van der Waals surface area contributed by atoms with Gasteiger partial charge in [-0.05, 0) is 31.5 Å². The highest BCUT2D eigenvalue weighted by atomic mass is 14.9. The van der Waals surface area contributed by atoms with Gasteiger partial charge in [-0.3, -0.25) is 0 Å². The predicted octanol–water partition coefficient (Wildman–Crippen LogP) is 3.52. The van der Waals surface area contributed by atoms with Crippen LogP contribution in [0.3, 0.4) is 0 Å². The SMILES string of the molecule is CCCCCC(C)Nc1ccc(N)c(C#N)c1. The number of unbranched alkanes of at least 4 members (excludes halogenated alkanes) is 2. The molecule has 3 heteroatoms. The zero-order valence-electron chi connectivity index (χ0n) is 10.7. The van der Waals surface area contributed by atoms with Gasteiger partial charge in [0.2, 0.25) is 0 Å². The third-order valence-electron chi connectivity index (χ3n) is 2.83. The lowest BCUT2D eigenvalue weighted by atomic mass is 10.1. The van der Waals surface area contributed by atoms with Gasteiger partial charge < -0.3 is 11.1 Å². The third kappa shape index (κ3) is 4.36. The molecular formula is C14H21N3. The summed E-state index contributed by atoms with van der Waals surface area (Å²) in [7, 11) is 0. The smallest absolute Gasteiger partial charge is 0.101 e. The fourth-order valence-corrected chi connectivity index (χ4v) is 1.80. The number of anilines is 2. The van der Waals surface area contributed by atoms with Crippen LogP contribution in [-0.2, 0) is 0 Å². The van der Waals surface area contributed by atoms with Gasteiger partial charge in [0.15, 0.2) is 0 Å². The molecule has 3 N–H and O–H groups in total. The van der Waals surface area contributed by atoms with Gasteiger partial charge in [0, 0.05) is 17.4 Å². The zero-order chi connectivity index (χ0) is 12.7. The summed E-state index contributed by atoms with van der Waals surface area (Å²) in [6, 6.07) is 8.04. The summed E-state index contributed by atoms with van der Waals surface area (Å²) in [5.74, 6) is 0. The minimum atomic E-state index is 0.428. The molecule has 0 aliphatic carbocycles. The molecule has 0 heterocycles. The van der Waals surface area contributed by atoms with Crippen LogP contribution in [0, 0.1) is 11.3 Å². The molecule has 0 saturated heterocycles. The molecule has 0 bridgehead atoms. The molecule has 0 aromatic heterocycles. The Hall–Kier alpha value is -1.69. The molecule has 1 unspecified atom stereocenters. The van der Waals surface area contributed by atoms with Crippen LogP contribution < -0.4 is 11.1 Å². The number of benzene rings is 1. The van der Waals surface area contributed by atoms with Gasteiger partial charge in [-0.1, -0.05) is 26.2 Å². The largest absolute Gasteiger partial charge is 0.398 e. The van der Waals surface area contributed by atoms with Gasteiger partial charge in [0.25, 0.3) is 0 Å². The Morgan fingerprint density at radius 3 is 2.82 bits per heavy atom. The van der Waals surface area contributed by atoms with E-state index in [1.807, 2.05) is 12.1 Å². The summed E-state index contributed by atoms with van der Waals surface area (Å²) < 4.78 is 0. The molecule has 92 valence electrons. The Balaban J connectivity index is 2.54. The first-order valence-electron chi connectivity index (χ1n) is 6.23. The Morgan fingerprint density at radius 1 is 1.41 bits per heavy atom. The number of nitrogen functional groups attached to an aromatic ring is 1. The highest BCUT2D eigenvalue weighted by Gasteiger charge is 2.04. The predicted molar refractivity (Wildman–Crippen MR) is 72.8 cm³/mol. The molecular weight excluding hydrogens is 210 g/mol. The van der Waals surface area contributed by atoms with E-state index in [-0.39, 0.29) is 0 Å². The molecule has 0 aliphatic heterocycles. The molecule has 1 aromatic carbocycles. The normalized spacial score (nSPS) is 11.8. The van der Waals surface area contributed by atoms with Crippen molar-refractivity contribution in [2.75, 3.05) is 11.1 Å². The lowest BCUT2D eigenvalue weighted by Gasteiger charge is -2.15. The van der Waals surface area contributed by atoms with Gasteiger partial charge in [-0.2, -0.15) is 5.26 Å². The van der Waals surface area contributed by atoms with Crippen molar-refractivity contribution in [1.82, 2.24) is 0 Å². The standard InChI is InChI=1S/C14H21N3/c1-3-4-5-6-11(2)17-13-7-8-14(16)12(9-13)10-15/h7-9,11,17H,3-6,16H2,1-2H3. The van der Waals surface area contributed by atoms with Gasteiger partial charge in [0.1, 0.15) is 6.07 Å². The van der Waals surface area contributed by atoms with Crippen molar-refractivity contribution in [1.29, 1.82) is 5.26 Å². The number of hydrogen-bond donors (Lipinski definition) is 2. The van der Waals surface area contributed by atoms with Crippen LogP contribution in [0.5, 0.6) is 0 Å². The van der Waals surface area contributed by atoms with Crippen molar-refractivity contribution in [2.45, 2.75) is 45.6 Å². The van der Waals surface area contributed by atoms with Crippen LogP contribution >= 0.6 is 0 Å². The van der Waals surface area contributed by atoms with Crippen molar-refractivity contribution in [3.8, 4) is 6.07 Å². The summed E-state index contributed by atoms with van der Waals surface area (Å²) in [6.45, 7) is 4.37. The van der Waals surface area contributed by atoms with Crippen molar-refractivity contribution < 1.29 is 0 Å². The first kappa shape index (κ1) is 13.4. The second-order valence-electron chi connectivity index (χ2n) is 4.46. The van der Waals surface area contributed by atoms with E-state index < -0.39 is 0 Å². The van der Waals surface area contributed by atoms with E-state index in [2.05, 4.69) is 25.2 Å². The maximum atomic E-state index is 8.89. The van der Waals surface area contributed by atoms with Crippen LogP contribution in [0.15, 0.2) is 18.2 Å². The number of nitrogens with two attached hydrogens (primary N) is 1. The number of nitrogens with zero attached hydrogens (tertiary/aromatic N) is 1. The minimum absolute atomic E-state index is 0.428. The van der Waals surface area contributed by atoms with E-state index in [0.717, 1.165) is 12.1 Å². The molecule has 0 fully saturated rings. The van der Waals surface area contributed by atoms with Gasteiger partial charge >= 0.3 is 0 Å². The molecule has 1 aromatic rings. The molecule has 1 rings (SSSR count). The zero-order valence-corrected chi connectivity index (χ0v) is 10.7.